The van der Waals surface area contributed by atoms with Crippen molar-refractivity contribution in [2.45, 2.75) is 38.6 Å². The molecule has 1 aromatic carbocycles. The van der Waals surface area contributed by atoms with Gasteiger partial charge in [0.15, 0.2) is 11.4 Å². The largest absolute Gasteiger partial charge is 0.493 e. The van der Waals surface area contributed by atoms with Gasteiger partial charge in [-0.1, -0.05) is 13.8 Å². The first kappa shape index (κ1) is 22.6. The van der Waals surface area contributed by atoms with Gasteiger partial charge in [-0.25, -0.2) is 14.3 Å². The van der Waals surface area contributed by atoms with Gasteiger partial charge in [0, 0.05) is 44.5 Å². The van der Waals surface area contributed by atoms with E-state index in [1.165, 1.54) is 11.9 Å². The van der Waals surface area contributed by atoms with Crippen molar-refractivity contribution >= 4 is 16.7 Å². The number of pyridine rings is 1. The monoisotopic (exact) mass is 464 g/mol. The van der Waals surface area contributed by atoms with E-state index < -0.39 is 0 Å². The maximum absolute atomic E-state index is 13.1. The minimum absolute atomic E-state index is 0.0403. The maximum Gasteiger partial charge on any atom is 0.326 e. The van der Waals surface area contributed by atoms with Crippen LogP contribution in [0.1, 0.15) is 44.2 Å². The first-order valence-electron chi connectivity index (χ1n) is 11.9. The van der Waals surface area contributed by atoms with Crippen molar-refractivity contribution in [1.29, 1.82) is 0 Å². The number of benzene rings is 1. The van der Waals surface area contributed by atoms with Crippen LogP contribution in [-0.4, -0.2) is 69.5 Å². The Bertz CT molecular complexity index is 1360. The zero-order chi connectivity index (χ0) is 23.8. The van der Waals surface area contributed by atoms with Crippen molar-refractivity contribution in [3.05, 3.63) is 46.8 Å². The van der Waals surface area contributed by atoms with Gasteiger partial charge in [-0.3, -0.25) is 4.57 Å². The number of methoxy groups -OCH3 is 2. The van der Waals surface area contributed by atoms with E-state index in [1.807, 2.05) is 16.8 Å². The predicted molar refractivity (Wildman–Crippen MR) is 132 cm³/mol. The van der Waals surface area contributed by atoms with E-state index in [0.717, 1.165) is 61.2 Å². The quantitative estimate of drug-likeness (QED) is 0.451. The minimum Gasteiger partial charge on any atom is -0.493 e. The van der Waals surface area contributed by atoms with Crippen LogP contribution in [-0.2, 0) is 4.74 Å². The van der Waals surface area contributed by atoms with Gasteiger partial charge in [0.2, 0.25) is 0 Å². The number of fused-ring (bicyclic) bond motifs is 2. The SMILES string of the molecule is COCCN1CCC(n2c(=O)[nH]c3cc(-c4cc(OC)c5ncnn5c4)c(C(C)C)cc32)CC1. The summed E-state index contributed by atoms with van der Waals surface area (Å²) < 4.78 is 14.5. The predicted octanol–water partition coefficient (Wildman–Crippen LogP) is 3.45. The highest BCUT2D eigenvalue weighted by atomic mass is 16.5. The molecular weight excluding hydrogens is 432 g/mol. The molecule has 0 saturated carbocycles. The molecule has 4 heterocycles. The van der Waals surface area contributed by atoms with E-state index in [9.17, 15) is 4.79 Å². The summed E-state index contributed by atoms with van der Waals surface area (Å²) in [5.41, 5.74) is 5.67. The lowest BCUT2D eigenvalue weighted by Crippen LogP contribution is -2.38. The Balaban J connectivity index is 1.57. The topological polar surface area (TPSA) is 89.7 Å². The Morgan fingerprint density at radius 2 is 1.97 bits per heavy atom. The molecular formula is C25H32N6O3. The molecule has 3 aromatic heterocycles. The Kier molecular flexibility index (Phi) is 6.14. The number of hydrogen-bond acceptors (Lipinski definition) is 6. The molecule has 34 heavy (non-hydrogen) atoms. The number of aromatic nitrogens is 5. The zero-order valence-electron chi connectivity index (χ0n) is 20.2. The second-order valence-corrected chi connectivity index (χ2v) is 9.30. The van der Waals surface area contributed by atoms with Gasteiger partial charge in [0.1, 0.15) is 6.33 Å². The normalized spacial score (nSPS) is 15.7. The van der Waals surface area contributed by atoms with E-state index in [-0.39, 0.29) is 17.6 Å². The van der Waals surface area contributed by atoms with E-state index in [2.05, 4.69) is 45.9 Å². The number of imidazole rings is 1. The second kappa shape index (κ2) is 9.23. The standard InChI is InChI=1S/C25H32N6O3/c1-16(2)19-13-22-21(12-20(19)17-11-23(34-4)24-26-15-27-30(24)14-17)28-25(32)31(22)18-5-7-29(8-6-18)9-10-33-3/h11-16,18H,5-10H2,1-4H3,(H,28,32). The van der Waals surface area contributed by atoms with E-state index in [4.69, 9.17) is 9.47 Å². The molecule has 9 nitrogen and oxygen atoms in total. The number of H-pyrrole nitrogens is 1. The molecule has 1 N–H and O–H groups in total. The van der Waals surface area contributed by atoms with Crippen LogP contribution in [0.2, 0.25) is 0 Å². The van der Waals surface area contributed by atoms with Gasteiger partial charge in [-0.2, -0.15) is 5.10 Å². The number of hydrogen-bond donors (Lipinski definition) is 1. The molecule has 0 atom stereocenters. The zero-order valence-corrected chi connectivity index (χ0v) is 20.2. The van der Waals surface area contributed by atoms with Crippen molar-refractivity contribution in [1.82, 2.24) is 29.0 Å². The van der Waals surface area contributed by atoms with Crippen molar-refractivity contribution in [2.75, 3.05) is 40.5 Å². The van der Waals surface area contributed by atoms with E-state index in [1.54, 1.807) is 18.7 Å². The highest BCUT2D eigenvalue weighted by Gasteiger charge is 2.25. The molecule has 1 aliphatic heterocycles. The summed E-state index contributed by atoms with van der Waals surface area (Å²) in [5, 5.41) is 4.31. The number of nitrogens with zero attached hydrogens (tertiary/aromatic N) is 5. The van der Waals surface area contributed by atoms with Crippen molar-refractivity contribution in [3.8, 4) is 16.9 Å². The van der Waals surface area contributed by atoms with Crippen LogP contribution in [0.15, 0.2) is 35.5 Å². The lowest BCUT2D eigenvalue weighted by molar-refractivity contribution is 0.122. The van der Waals surface area contributed by atoms with E-state index >= 15 is 0 Å². The van der Waals surface area contributed by atoms with Crippen molar-refractivity contribution in [3.63, 3.8) is 0 Å². The fraction of sp³-hybridized carbons (Fsp3) is 0.480. The van der Waals surface area contributed by atoms with Crippen LogP contribution in [0.25, 0.3) is 27.8 Å². The minimum atomic E-state index is -0.0403. The Labute approximate surface area is 198 Å². The van der Waals surface area contributed by atoms with Gasteiger partial charge in [-0.05, 0) is 48.1 Å². The van der Waals surface area contributed by atoms with E-state index in [0.29, 0.717) is 11.4 Å². The highest BCUT2D eigenvalue weighted by Crippen LogP contribution is 2.36. The molecule has 0 amide bonds. The number of piperidine rings is 1. The van der Waals surface area contributed by atoms with Gasteiger partial charge in [0.05, 0.1) is 24.8 Å². The van der Waals surface area contributed by atoms with Crippen LogP contribution >= 0.6 is 0 Å². The Hall–Kier alpha value is -3.17. The van der Waals surface area contributed by atoms with Crippen LogP contribution in [0.4, 0.5) is 0 Å². The maximum atomic E-state index is 13.1. The van der Waals surface area contributed by atoms with Crippen LogP contribution in [0, 0.1) is 0 Å². The lowest BCUT2D eigenvalue weighted by atomic mass is 9.92. The van der Waals surface area contributed by atoms with Crippen molar-refractivity contribution in [2.24, 2.45) is 0 Å². The summed E-state index contributed by atoms with van der Waals surface area (Å²) in [4.78, 5) is 22.9. The van der Waals surface area contributed by atoms with Gasteiger partial charge < -0.3 is 19.4 Å². The third-order valence-corrected chi connectivity index (χ3v) is 6.92. The molecule has 9 heteroatoms. The average Bonchev–Trinajstić information content (AvgIpc) is 3.44. The van der Waals surface area contributed by atoms with Crippen molar-refractivity contribution < 1.29 is 9.47 Å². The summed E-state index contributed by atoms with van der Waals surface area (Å²) >= 11 is 0. The summed E-state index contributed by atoms with van der Waals surface area (Å²) in [7, 11) is 3.37. The smallest absolute Gasteiger partial charge is 0.326 e. The molecule has 5 rings (SSSR count). The second-order valence-electron chi connectivity index (χ2n) is 9.30. The van der Waals surface area contributed by atoms with Crippen LogP contribution in [0.5, 0.6) is 5.75 Å². The molecule has 1 fully saturated rings. The first-order chi connectivity index (χ1) is 16.5. The summed E-state index contributed by atoms with van der Waals surface area (Å²) in [6.07, 6.45) is 5.39. The third kappa shape index (κ3) is 3.99. The van der Waals surface area contributed by atoms with Gasteiger partial charge in [-0.15, -0.1) is 0 Å². The number of nitrogens with one attached hydrogen (secondary N) is 1. The number of rotatable bonds is 7. The van der Waals surface area contributed by atoms with Gasteiger partial charge in [0.25, 0.3) is 0 Å². The fourth-order valence-electron chi connectivity index (χ4n) is 5.09. The molecule has 1 saturated heterocycles. The lowest BCUT2D eigenvalue weighted by Gasteiger charge is -2.32. The number of likely N-dealkylation sites (tertiary alicyclic amines) is 1. The summed E-state index contributed by atoms with van der Waals surface area (Å²) in [6, 6.07) is 6.45. The number of aromatic amines is 1. The van der Waals surface area contributed by atoms with Gasteiger partial charge >= 0.3 is 5.69 Å². The summed E-state index contributed by atoms with van der Waals surface area (Å²) in [5.74, 6) is 0.933. The highest BCUT2D eigenvalue weighted by molar-refractivity contribution is 5.85. The van der Waals surface area contributed by atoms with Crippen LogP contribution < -0.4 is 10.4 Å². The number of ether oxygens (including phenoxy) is 2. The molecule has 0 aliphatic carbocycles. The third-order valence-electron chi connectivity index (χ3n) is 6.92. The Morgan fingerprint density at radius 1 is 1.18 bits per heavy atom. The molecule has 0 bridgehead atoms. The molecule has 180 valence electrons. The molecule has 0 spiro atoms. The molecule has 1 aliphatic rings. The Morgan fingerprint density at radius 3 is 2.68 bits per heavy atom. The van der Waals surface area contributed by atoms with Crippen LogP contribution in [0.3, 0.4) is 0 Å². The average molecular weight is 465 g/mol. The summed E-state index contributed by atoms with van der Waals surface area (Å²) in [6.45, 7) is 7.98. The molecule has 4 aromatic rings. The fourth-order valence-corrected chi connectivity index (χ4v) is 5.09. The first-order valence-corrected chi connectivity index (χ1v) is 11.9. The molecule has 0 radical (unpaired) electrons. The molecule has 0 unspecified atom stereocenters.